The molecule has 34 heavy (non-hydrogen) atoms. The highest BCUT2D eigenvalue weighted by Gasteiger charge is 2.25. The average molecular weight is 486 g/mol. The third-order valence-electron chi connectivity index (χ3n) is 5.02. The lowest BCUT2D eigenvalue weighted by molar-refractivity contribution is -0.138. The van der Waals surface area contributed by atoms with Gasteiger partial charge in [0.1, 0.15) is 6.54 Å². The van der Waals surface area contributed by atoms with E-state index in [0.29, 0.717) is 45.8 Å². The number of ether oxygens (including phenoxy) is 1. The Kier molecular flexibility index (Phi) is 14.6. The largest absolute Gasteiger partial charge is 0.480 e. The Morgan fingerprint density at radius 2 is 1.76 bits per heavy atom. The number of hydrogen-bond acceptors (Lipinski definition) is 9. The van der Waals surface area contributed by atoms with Gasteiger partial charge in [-0.15, -0.1) is 0 Å². The van der Waals surface area contributed by atoms with Crippen molar-refractivity contribution in [1.29, 1.82) is 0 Å². The number of carboxylic acid groups (broad SMARTS) is 1. The Labute approximate surface area is 200 Å². The first-order chi connectivity index (χ1) is 16.2. The summed E-state index contributed by atoms with van der Waals surface area (Å²) in [5.41, 5.74) is 0.769. The summed E-state index contributed by atoms with van der Waals surface area (Å²) in [5.74, 6) is -1.50. The van der Waals surface area contributed by atoms with E-state index in [2.05, 4.69) is 21.1 Å². The number of carbonyl (C=O) groups is 4. The molecule has 0 aromatic rings. The molecule has 4 N–H and O–H groups in total. The molecule has 1 rings (SSSR count). The molecule has 0 saturated heterocycles. The Hall–Kier alpha value is -2.61. The standard InChI is InChI=1S/C21H39N7O6/c1-4-27(10-9-26(3)16-21(32)33)14-18(29)23-7-11-34-12-8-24-19(30)15-28-20(31)13-17(25-28)5-6-22-2/h22H,4-16H2,1-3H3,(H,23,29)(H,24,30)(H,32,33). The van der Waals surface area contributed by atoms with E-state index < -0.39 is 5.97 Å². The van der Waals surface area contributed by atoms with Crippen LogP contribution in [-0.2, 0) is 23.9 Å². The number of amides is 3. The summed E-state index contributed by atoms with van der Waals surface area (Å²) in [6, 6.07) is 0. The summed E-state index contributed by atoms with van der Waals surface area (Å²) in [6.45, 7) is 5.78. The van der Waals surface area contributed by atoms with E-state index in [1.54, 1.807) is 11.9 Å². The van der Waals surface area contributed by atoms with Crippen LogP contribution in [0.3, 0.4) is 0 Å². The van der Waals surface area contributed by atoms with E-state index in [1.165, 1.54) is 5.01 Å². The van der Waals surface area contributed by atoms with Gasteiger partial charge in [0.15, 0.2) is 0 Å². The van der Waals surface area contributed by atoms with Crippen molar-refractivity contribution in [3.05, 3.63) is 0 Å². The van der Waals surface area contributed by atoms with Gasteiger partial charge in [-0.2, -0.15) is 5.10 Å². The first-order valence-electron chi connectivity index (χ1n) is 11.5. The normalized spacial score (nSPS) is 13.5. The highest BCUT2D eigenvalue weighted by Crippen LogP contribution is 2.09. The van der Waals surface area contributed by atoms with Crippen LogP contribution in [0.1, 0.15) is 19.8 Å². The first-order valence-corrected chi connectivity index (χ1v) is 11.5. The first kappa shape index (κ1) is 29.4. The molecule has 0 aliphatic carbocycles. The Balaban J connectivity index is 2.09. The molecule has 0 aromatic heterocycles. The molecule has 0 radical (unpaired) electrons. The summed E-state index contributed by atoms with van der Waals surface area (Å²) in [6.07, 6.45) is 0.924. The van der Waals surface area contributed by atoms with Crippen molar-refractivity contribution in [3.63, 3.8) is 0 Å². The second kappa shape index (κ2) is 16.9. The van der Waals surface area contributed by atoms with Crippen molar-refractivity contribution in [2.75, 3.05) is 86.2 Å². The molecular formula is C21H39N7O6. The smallest absolute Gasteiger partial charge is 0.317 e. The number of hydrogen-bond donors (Lipinski definition) is 4. The maximum atomic E-state index is 12.1. The maximum absolute atomic E-state index is 12.1. The van der Waals surface area contributed by atoms with Crippen LogP contribution in [0.4, 0.5) is 0 Å². The molecular weight excluding hydrogens is 446 g/mol. The van der Waals surface area contributed by atoms with Crippen LogP contribution in [0, 0.1) is 0 Å². The predicted molar refractivity (Wildman–Crippen MR) is 126 cm³/mol. The second-order valence-corrected chi connectivity index (χ2v) is 7.96. The minimum Gasteiger partial charge on any atom is -0.480 e. The van der Waals surface area contributed by atoms with Crippen molar-refractivity contribution >= 4 is 29.4 Å². The monoisotopic (exact) mass is 485 g/mol. The van der Waals surface area contributed by atoms with Crippen molar-refractivity contribution in [1.82, 2.24) is 30.8 Å². The topological polar surface area (TPSA) is 156 Å². The number of likely N-dealkylation sites (N-methyl/N-ethyl adjacent to an activating group) is 2. The van der Waals surface area contributed by atoms with E-state index in [-0.39, 0.29) is 50.4 Å². The minimum absolute atomic E-state index is 0.0379. The van der Waals surface area contributed by atoms with Gasteiger partial charge in [-0.25, -0.2) is 5.01 Å². The summed E-state index contributed by atoms with van der Waals surface area (Å²) in [7, 11) is 3.55. The zero-order chi connectivity index (χ0) is 25.3. The summed E-state index contributed by atoms with van der Waals surface area (Å²) in [5, 5.41) is 22.6. The van der Waals surface area contributed by atoms with Crippen LogP contribution in [-0.4, -0.2) is 136 Å². The fourth-order valence-corrected chi connectivity index (χ4v) is 3.11. The molecule has 0 aromatic carbocycles. The van der Waals surface area contributed by atoms with Crippen LogP contribution in [0.2, 0.25) is 0 Å². The maximum Gasteiger partial charge on any atom is 0.317 e. The molecule has 1 heterocycles. The third kappa shape index (κ3) is 13.2. The van der Waals surface area contributed by atoms with E-state index in [1.807, 2.05) is 18.9 Å². The zero-order valence-electron chi connectivity index (χ0n) is 20.5. The van der Waals surface area contributed by atoms with Crippen molar-refractivity contribution in [3.8, 4) is 0 Å². The highest BCUT2D eigenvalue weighted by molar-refractivity contribution is 6.05. The van der Waals surface area contributed by atoms with E-state index in [9.17, 15) is 19.2 Å². The van der Waals surface area contributed by atoms with Crippen LogP contribution in [0.5, 0.6) is 0 Å². The number of rotatable bonds is 19. The molecule has 1 aliphatic rings. The Bertz CT molecular complexity index is 703. The van der Waals surface area contributed by atoms with Gasteiger partial charge in [-0.05, 0) is 20.6 Å². The van der Waals surface area contributed by atoms with Crippen molar-refractivity contribution < 1.29 is 29.0 Å². The molecule has 194 valence electrons. The van der Waals surface area contributed by atoms with E-state index in [4.69, 9.17) is 9.84 Å². The number of carbonyl (C=O) groups excluding carboxylic acids is 3. The summed E-state index contributed by atoms with van der Waals surface area (Å²) < 4.78 is 5.41. The van der Waals surface area contributed by atoms with Gasteiger partial charge in [-0.3, -0.25) is 29.0 Å². The molecule has 13 heteroatoms. The Morgan fingerprint density at radius 1 is 1.09 bits per heavy atom. The molecule has 0 bridgehead atoms. The minimum atomic E-state index is -0.881. The van der Waals surface area contributed by atoms with Crippen molar-refractivity contribution in [2.45, 2.75) is 19.8 Å². The fraction of sp³-hybridized carbons (Fsp3) is 0.762. The molecule has 0 saturated carbocycles. The lowest BCUT2D eigenvalue weighted by Crippen LogP contribution is -2.42. The quantitative estimate of drug-likeness (QED) is 0.149. The van der Waals surface area contributed by atoms with Gasteiger partial charge >= 0.3 is 5.97 Å². The van der Waals surface area contributed by atoms with E-state index in [0.717, 1.165) is 12.3 Å². The summed E-state index contributed by atoms with van der Waals surface area (Å²) in [4.78, 5) is 50.3. The third-order valence-corrected chi connectivity index (χ3v) is 5.02. The zero-order valence-corrected chi connectivity index (χ0v) is 20.5. The van der Waals surface area contributed by atoms with Gasteiger partial charge in [0.05, 0.1) is 32.7 Å². The molecule has 0 fully saturated rings. The number of nitrogens with zero attached hydrogens (tertiary/aromatic N) is 4. The molecule has 3 amide bonds. The van der Waals surface area contributed by atoms with Gasteiger partial charge < -0.3 is 25.8 Å². The SMILES string of the molecule is CCN(CCN(C)CC(=O)O)CC(=O)NCCOCCNC(=O)CN1N=C(CCNC)CC1=O. The Morgan fingerprint density at radius 3 is 2.38 bits per heavy atom. The molecule has 1 aliphatic heterocycles. The number of carboxylic acids is 1. The number of hydrazone groups is 1. The molecule has 0 unspecified atom stereocenters. The number of nitrogens with one attached hydrogen (secondary N) is 3. The number of aliphatic carboxylic acids is 1. The fourth-order valence-electron chi connectivity index (χ4n) is 3.11. The molecule has 0 atom stereocenters. The van der Waals surface area contributed by atoms with Gasteiger partial charge in [-0.1, -0.05) is 6.92 Å². The van der Waals surface area contributed by atoms with Crippen LogP contribution < -0.4 is 16.0 Å². The lowest BCUT2D eigenvalue weighted by atomic mass is 10.2. The van der Waals surface area contributed by atoms with E-state index >= 15 is 0 Å². The van der Waals surface area contributed by atoms with Crippen LogP contribution in [0.15, 0.2) is 5.10 Å². The predicted octanol–water partition coefficient (Wildman–Crippen LogP) is -2.23. The van der Waals surface area contributed by atoms with Crippen LogP contribution in [0.25, 0.3) is 0 Å². The van der Waals surface area contributed by atoms with Crippen molar-refractivity contribution in [2.24, 2.45) is 5.10 Å². The lowest BCUT2D eigenvalue weighted by Gasteiger charge is -2.23. The average Bonchev–Trinajstić information content (AvgIpc) is 3.12. The van der Waals surface area contributed by atoms with Gasteiger partial charge in [0.2, 0.25) is 17.7 Å². The van der Waals surface area contributed by atoms with Gasteiger partial charge in [0.25, 0.3) is 0 Å². The second-order valence-electron chi connectivity index (χ2n) is 7.96. The highest BCUT2D eigenvalue weighted by atomic mass is 16.5. The molecule has 13 nitrogen and oxygen atoms in total. The van der Waals surface area contributed by atoms with Gasteiger partial charge in [0, 0.05) is 44.9 Å². The summed E-state index contributed by atoms with van der Waals surface area (Å²) >= 11 is 0. The van der Waals surface area contributed by atoms with Crippen LogP contribution >= 0.6 is 0 Å². The molecule has 0 spiro atoms.